The second-order valence-corrected chi connectivity index (χ2v) is 3.01. The molecule has 1 aromatic heterocycles. The van der Waals surface area contributed by atoms with Gasteiger partial charge < -0.3 is 0 Å². The van der Waals surface area contributed by atoms with Crippen molar-refractivity contribution in [1.82, 2.24) is 10.2 Å². The van der Waals surface area contributed by atoms with Crippen LogP contribution in [0.2, 0.25) is 0 Å². The summed E-state index contributed by atoms with van der Waals surface area (Å²) in [5.74, 6) is 0.197. The number of rotatable bonds is 4. The standard InChI is InChI=1S/C10H16N2O/c1-4-7-10(9(13)6-3)8(5-2)12-11-7/h4-6H2,1-3H3,(H,11,12). The van der Waals surface area contributed by atoms with Crippen LogP contribution in [0.5, 0.6) is 0 Å². The van der Waals surface area contributed by atoms with Crippen LogP contribution in [0.1, 0.15) is 48.9 Å². The average molecular weight is 180 g/mol. The van der Waals surface area contributed by atoms with Gasteiger partial charge in [0.25, 0.3) is 0 Å². The van der Waals surface area contributed by atoms with Gasteiger partial charge in [-0.3, -0.25) is 9.89 Å². The van der Waals surface area contributed by atoms with E-state index in [2.05, 4.69) is 10.2 Å². The van der Waals surface area contributed by atoms with Crippen LogP contribution in [0, 0.1) is 0 Å². The first-order chi connectivity index (χ1) is 6.24. The van der Waals surface area contributed by atoms with Crippen molar-refractivity contribution in [2.75, 3.05) is 0 Å². The largest absolute Gasteiger partial charge is 0.294 e. The molecular formula is C10H16N2O. The molecular weight excluding hydrogens is 164 g/mol. The summed E-state index contributed by atoms with van der Waals surface area (Å²) < 4.78 is 0. The van der Waals surface area contributed by atoms with Gasteiger partial charge >= 0.3 is 0 Å². The maximum Gasteiger partial charge on any atom is 0.166 e. The molecule has 13 heavy (non-hydrogen) atoms. The van der Waals surface area contributed by atoms with Gasteiger partial charge in [0.2, 0.25) is 0 Å². The van der Waals surface area contributed by atoms with E-state index in [0.29, 0.717) is 6.42 Å². The highest BCUT2D eigenvalue weighted by Crippen LogP contribution is 2.14. The van der Waals surface area contributed by atoms with Gasteiger partial charge in [0.05, 0.1) is 11.3 Å². The van der Waals surface area contributed by atoms with Crippen LogP contribution in [0.3, 0.4) is 0 Å². The number of nitrogens with one attached hydrogen (secondary N) is 1. The number of Topliss-reactive ketones (excluding diaryl/α,β-unsaturated/α-hetero) is 1. The van der Waals surface area contributed by atoms with E-state index in [9.17, 15) is 4.79 Å². The summed E-state index contributed by atoms with van der Waals surface area (Å²) in [5.41, 5.74) is 2.71. The van der Waals surface area contributed by atoms with Gasteiger partial charge in [-0.05, 0) is 12.8 Å². The van der Waals surface area contributed by atoms with Crippen molar-refractivity contribution in [3.63, 3.8) is 0 Å². The predicted octanol–water partition coefficient (Wildman–Crippen LogP) is 2.13. The van der Waals surface area contributed by atoms with Gasteiger partial charge in [-0.2, -0.15) is 5.10 Å². The lowest BCUT2D eigenvalue weighted by Gasteiger charge is -1.99. The molecule has 0 fully saturated rings. The fourth-order valence-corrected chi connectivity index (χ4v) is 1.44. The molecule has 0 aliphatic rings. The highest BCUT2D eigenvalue weighted by molar-refractivity contribution is 5.98. The number of hydrogen-bond acceptors (Lipinski definition) is 2. The molecule has 0 aliphatic carbocycles. The fourth-order valence-electron chi connectivity index (χ4n) is 1.44. The van der Waals surface area contributed by atoms with Gasteiger partial charge in [0.1, 0.15) is 0 Å². The summed E-state index contributed by atoms with van der Waals surface area (Å²) in [6, 6.07) is 0. The molecule has 0 bridgehead atoms. The van der Waals surface area contributed by atoms with Crippen molar-refractivity contribution in [2.45, 2.75) is 40.0 Å². The Morgan fingerprint density at radius 2 is 2.00 bits per heavy atom. The lowest BCUT2D eigenvalue weighted by Crippen LogP contribution is -2.02. The van der Waals surface area contributed by atoms with E-state index < -0.39 is 0 Å². The zero-order chi connectivity index (χ0) is 9.84. The fraction of sp³-hybridized carbons (Fsp3) is 0.600. The van der Waals surface area contributed by atoms with Gasteiger partial charge in [-0.25, -0.2) is 0 Å². The summed E-state index contributed by atoms with van der Waals surface area (Å²) >= 11 is 0. The molecule has 0 saturated heterocycles. The molecule has 0 spiro atoms. The number of aromatic amines is 1. The van der Waals surface area contributed by atoms with Crippen molar-refractivity contribution in [1.29, 1.82) is 0 Å². The molecule has 1 heterocycles. The maximum atomic E-state index is 11.6. The Morgan fingerprint density at radius 1 is 1.31 bits per heavy atom. The highest BCUT2D eigenvalue weighted by Gasteiger charge is 2.15. The summed E-state index contributed by atoms with van der Waals surface area (Å²) in [6.07, 6.45) is 2.21. The van der Waals surface area contributed by atoms with Crippen molar-refractivity contribution >= 4 is 5.78 Å². The first-order valence-electron chi connectivity index (χ1n) is 4.83. The maximum absolute atomic E-state index is 11.6. The number of hydrogen-bond donors (Lipinski definition) is 1. The summed E-state index contributed by atoms with van der Waals surface area (Å²) in [5, 5.41) is 7.05. The number of carbonyl (C=O) groups excluding carboxylic acids is 1. The number of carbonyl (C=O) groups is 1. The molecule has 1 rings (SSSR count). The SMILES string of the molecule is CCC(=O)c1c(CC)n[nH]c1CC. The predicted molar refractivity (Wildman–Crippen MR) is 52.0 cm³/mol. The van der Waals surface area contributed by atoms with E-state index >= 15 is 0 Å². The molecule has 0 aromatic carbocycles. The average Bonchev–Trinajstić information content (AvgIpc) is 2.59. The minimum Gasteiger partial charge on any atom is -0.294 e. The van der Waals surface area contributed by atoms with Crippen LogP contribution in [0.4, 0.5) is 0 Å². The minimum atomic E-state index is 0.197. The van der Waals surface area contributed by atoms with Crippen LogP contribution in [0.25, 0.3) is 0 Å². The Bertz CT molecular complexity index is 280. The monoisotopic (exact) mass is 180 g/mol. The molecule has 0 unspecified atom stereocenters. The minimum absolute atomic E-state index is 0.197. The number of H-pyrrole nitrogens is 1. The van der Waals surface area contributed by atoms with Gasteiger partial charge in [0, 0.05) is 12.1 Å². The van der Waals surface area contributed by atoms with Crippen LogP contribution in [-0.2, 0) is 12.8 Å². The summed E-state index contributed by atoms with van der Waals surface area (Å²) in [4.78, 5) is 11.6. The third kappa shape index (κ3) is 1.79. The zero-order valence-corrected chi connectivity index (χ0v) is 8.48. The molecule has 1 N–H and O–H groups in total. The van der Waals surface area contributed by atoms with Crippen LogP contribution in [0.15, 0.2) is 0 Å². The lowest BCUT2D eigenvalue weighted by molar-refractivity contribution is 0.0986. The van der Waals surface area contributed by atoms with Gasteiger partial charge in [-0.15, -0.1) is 0 Å². The lowest BCUT2D eigenvalue weighted by atomic mass is 10.0. The van der Waals surface area contributed by atoms with Gasteiger partial charge in [0.15, 0.2) is 5.78 Å². The summed E-state index contributed by atoms with van der Waals surface area (Å²) in [7, 11) is 0. The Balaban J connectivity index is 3.12. The summed E-state index contributed by atoms with van der Waals surface area (Å²) in [6.45, 7) is 5.93. The van der Waals surface area contributed by atoms with Crippen molar-refractivity contribution < 1.29 is 4.79 Å². The topological polar surface area (TPSA) is 45.8 Å². The van der Waals surface area contributed by atoms with Crippen LogP contribution in [-0.4, -0.2) is 16.0 Å². The Morgan fingerprint density at radius 3 is 2.46 bits per heavy atom. The second kappa shape index (κ2) is 4.21. The van der Waals surface area contributed by atoms with E-state index in [0.717, 1.165) is 29.8 Å². The molecule has 0 radical (unpaired) electrons. The Hall–Kier alpha value is -1.12. The van der Waals surface area contributed by atoms with Gasteiger partial charge in [-0.1, -0.05) is 20.8 Å². The molecule has 0 amide bonds. The molecule has 0 atom stereocenters. The molecule has 3 nitrogen and oxygen atoms in total. The van der Waals surface area contributed by atoms with E-state index in [1.807, 2.05) is 20.8 Å². The quantitative estimate of drug-likeness (QED) is 0.721. The van der Waals surface area contributed by atoms with Crippen molar-refractivity contribution in [2.24, 2.45) is 0 Å². The van der Waals surface area contributed by atoms with Crippen molar-refractivity contribution in [3.8, 4) is 0 Å². The van der Waals surface area contributed by atoms with Crippen LogP contribution < -0.4 is 0 Å². The second-order valence-electron chi connectivity index (χ2n) is 3.01. The zero-order valence-electron chi connectivity index (χ0n) is 8.48. The number of aryl methyl sites for hydroxylation is 2. The van der Waals surface area contributed by atoms with E-state index in [1.165, 1.54) is 0 Å². The molecule has 72 valence electrons. The number of nitrogens with zero attached hydrogens (tertiary/aromatic N) is 1. The third-order valence-electron chi connectivity index (χ3n) is 2.20. The highest BCUT2D eigenvalue weighted by atomic mass is 16.1. The number of aromatic nitrogens is 2. The van der Waals surface area contributed by atoms with Crippen LogP contribution >= 0.6 is 0 Å². The number of ketones is 1. The Kier molecular flexibility index (Phi) is 3.23. The smallest absolute Gasteiger partial charge is 0.166 e. The molecule has 0 aliphatic heterocycles. The molecule has 1 aromatic rings. The normalized spacial score (nSPS) is 10.4. The van der Waals surface area contributed by atoms with E-state index in [1.54, 1.807) is 0 Å². The van der Waals surface area contributed by atoms with Crippen molar-refractivity contribution in [3.05, 3.63) is 17.0 Å². The first kappa shape index (κ1) is 9.96. The van der Waals surface area contributed by atoms with E-state index in [-0.39, 0.29) is 5.78 Å². The third-order valence-corrected chi connectivity index (χ3v) is 2.20. The van der Waals surface area contributed by atoms with E-state index in [4.69, 9.17) is 0 Å². The molecule has 3 heteroatoms. The first-order valence-corrected chi connectivity index (χ1v) is 4.83. The molecule has 0 saturated carbocycles. The Labute approximate surface area is 78.5 Å².